The van der Waals surface area contributed by atoms with Gasteiger partial charge in [0.2, 0.25) is 5.91 Å². The van der Waals surface area contributed by atoms with Gasteiger partial charge >= 0.3 is 6.18 Å². The highest BCUT2D eigenvalue weighted by molar-refractivity contribution is 5.97. The topological polar surface area (TPSA) is 98.1 Å². The lowest BCUT2D eigenvalue weighted by molar-refractivity contribution is -0.137. The Morgan fingerprint density at radius 3 is 2.38 bits per heavy atom. The molecule has 2 aromatic heterocycles. The molecule has 8 nitrogen and oxygen atoms in total. The zero-order valence-corrected chi connectivity index (χ0v) is 17.2. The van der Waals surface area contributed by atoms with Crippen LogP contribution in [0.1, 0.15) is 27.2 Å². The smallest absolute Gasteiger partial charge is 0.417 e. The molecule has 11 heteroatoms. The number of hydrogen-bond donors (Lipinski definition) is 2. The first-order chi connectivity index (χ1) is 15.2. The predicted molar refractivity (Wildman–Crippen MR) is 108 cm³/mol. The van der Waals surface area contributed by atoms with Gasteiger partial charge in [0.15, 0.2) is 5.82 Å². The van der Waals surface area contributed by atoms with E-state index in [9.17, 15) is 22.8 Å². The van der Waals surface area contributed by atoms with Crippen LogP contribution in [0.3, 0.4) is 0 Å². The highest BCUT2D eigenvalue weighted by Crippen LogP contribution is 2.28. The van der Waals surface area contributed by atoms with Crippen LogP contribution in [-0.2, 0) is 17.5 Å². The van der Waals surface area contributed by atoms with Gasteiger partial charge in [-0.3, -0.25) is 9.59 Å². The van der Waals surface area contributed by atoms with Crippen LogP contribution in [0.25, 0.3) is 5.82 Å². The highest BCUT2D eigenvalue weighted by Gasteiger charge is 2.30. The summed E-state index contributed by atoms with van der Waals surface area (Å²) in [6, 6.07) is 9.22. The minimum atomic E-state index is -4.50. The number of methoxy groups -OCH3 is 1. The summed E-state index contributed by atoms with van der Waals surface area (Å²) in [5, 5.41) is 9.20. The van der Waals surface area contributed by atoms with E-state index in [0.29, 0.717) is 17.6 Å². The Labute approximate surface area is 181 Å². The number of amides is 2. The lowest BCUT2D eigenvalue weighted by Crippen LogP contribution is -2.36. The van der Waals surface area contributed by atoms with Crippen LogP contribution in [0.2, 0.25) is 0 Å². The van der Waals surface area contributed by atoms with Crippen molar-refractivity contribution in [2.45, 2.75) is 19.6 Å². The van der Waals surface area contributed by atoms with Crippen molar-refractivity contribution in [2.75, 3.05) is 13.7 Å². The van der Waals surface area contributed by atoms with Crippen molar-refractivity contribution in [3.8, 4) is 11.6 Å². The monoisotopic (exact) mass is 447 g/mol. The van der Waals surface area contributed by atoms with E-state index in [0.717, 1.165) is 17.7 Å². The molecule has 3 rings (SSSR count). The van der Waals surface area contributed by atoms with Crippen LogP contribution >= 0.6 is 0 Å². The lowest BCUT2D eigenvalue weighted by atomic mass is 10.2. The fourth-order valence-electron chi connectivity index (χ4n) is 2.80. The Bertz CT molecular complexity index is 1090. The number of hydrogen-bond acceptors (Lipinski definition) is 5. The van der Waals surface area contributed by atoms with Gasteiger partial charge in [0, 0.05) is 12.7 Å². The summed E-state index contributed by atoms with van der Waals surface area (Å²) in [5.74, 6) is -0.0922. The first kappa shape index (κ1) is 22.8. The SMILES string of the molecule is COc1ccc(CNC(=O)CNC(=O)c2cnn(-c3ccc(C(F)(F)F)cn3)c2C)cc1. The fraction of sp³-hybridized carbons (Fsp3) is 0.238. The van der Waals surface area contributed by atoms with Gasteiger partial charge in [0.05, 0.1) is 36.7 Å². The molecule has 3 aromatic rings. The van der Waals surface area contributed by atoms with Gasteiger partial charge in [-0.1, -0.05) is 12.1 Å². The summed E-state index contributed by atoms with van der Waals surface area (Å²) in [4.78, 5) is 28.2. The number of rotatable bonds is 7. The normalized spacial score (nSPS) is 11.2. The molecule has 0 radical (unpaired) electrons. The number of ether oxygens (including phenoxy) is 1. The van der Waals surface area contributed by atoms with Crippen LogP contribution in [0, 0.1) is 6.92 Å². The van der Waals surface area contributed by atoms with Crippen LogP contribution < -0.4 is 15.4 Å². The Balaban J connectivity index is 1.56. The van der Waals surface area contributed by atoms with E-state index in [1.54, 1.807) is 26.2 Å². The standard InChI is InChI=1S/C21H20F3N5O3/c1-13-17(11-28-29(13)18-8-5-15(10-25-18)21(22,23)24)20(31)27-12-19(30)26-9-14-3-6-16(32-2)7-4-14/h3-8,10-11H,9,12H2,1-2H3,(H,26,30)(H,27,31). The van der Waals surface area contributed by atoms with Gasteiger partial charge in [-0.25, -0.2) is 9.67 Å². The molecule has 0 atom stereocenters. The van der Waals surface area contributed by atoms with Crippen molar-refractivity contribution in [3.63, 3.8) is 0 Å². The van der Waals surface area contributed by atoms with E-state index in [2.05, 4.69) is 20.7 Å². The highest BCUT2D eigenvalue weighted by atomic mass is 19.4. The Morgan fingerprint density at radius 1 is 1.06 bits per heavy atom. The van der Waals surface area contributed by atoms with E-state index < -0.39 is 17.6 Å². The van der Waals surface area contributed by atoms with Gasteiger partial charge in [-0.2, -0.15) is 18.3 Å². The maximum atomic E-state index is 12.7. The van der Waals surface area contributed by atoms with E-state index in [1.807, 2.05) is 12.1 Å². The van der Waals surface area contributed by atoms with Crippen molar-refractivity contribution in [1.82, 2.24) is 25.4 Å². The first-order valence-electron chi connectivity index (χ1n) is 9.45. The maximum absolute atomic E-state index is 12.7. The number of pyridine rings is 1. The summed E-state index contributed by atoms with van der Waals surface area (Å²) in [5.41, 5.74) is 0.527. The molecule has 0 saturated heterocycles. The molecule has 1 aromatic carbocycles. The Kier molecular flexibility index (Phi) is 6.76. The minimum Gasteiger partial charge on any atom is -0.497 e. The summed E-state index contributed by atoms with van der Waals surface area (Å²) < 4.78 is 44.4. The maximum Gasteiger partial charge on any atom is 0.417 e. The number of carbonyl (C=O) groups excluding carboxylic acids is 2. The number of benzene rings is 1. The third-order valence-corrected chi connectivity index (χ3v) is 4.60. The largest absolute Gasteiger partial charge is 0.497 e. The number of nitrogens with zero attached hydrogens (tertiary/aromatic N) is 3. The number of aromatic nitrogens is 3. The van der Waals surface area contributed by atoms with E-state index in [4.69, 9.17) is 4.74 Å². The summed E-state index contributed by atoms with van der Waals surface area (Å²) in [6.45, 7) is 1.61. The van der Waals surface area contributed by atoms with E-state index in [1.165, 1.54) is 10.9 Å². The quantitative estimate of drug-likeness (QED) is 0.580. The average molecular weight is 447 g/mol. The Morgan fingerprint density at radius 2 is 1.78 bits per heavy atom. The van der Waals surface area contributed by atoms with Crippen molar-refractivity contribution in [1.29, 1.82) is 0 Å². The second-order valence-electron chi connectivity index (χ2n) is 6.77. The molecule has 0 aliphatic carbocycles. The Hall–Kier alpha value is -3.89. The number of carbonyl (C=O) groups is 2. The molecule has 0 spiro atoms. The summed E-state index contributed by atoms with van der Waals surface area (Å²) >= 11 is 0. The fourth-order valence-corrected chi connectivity index (χ4v) is 2.80. The molecular weight excluding hydrogens is 427 g/mol. The second-order valence-corrected chi connectivity index (χ2v) is 6.77. The third-order valence-electron chi connectivity index (χ3n) is 4.60. The van der Waals surface area contributed by atoms with Gasteiger partial charge < -0.3 is 15.4 Å². The van der Waals surface area contributed by atoms with Crippen LogP contribution in [0.15, 0.2) is 48.8 Å². The van der Waals surface area contributed by atoms with Crippen LogP contribution in [0.5, 0.6) is 5.75 Å². The van der Waals surface area contributed by atoms with Gasteiger partial charge in [-0.05, 0) is 36.8 Å². The molecule has 0 fully saturated rings. The molecule has 0 aliphatic heterocycles. The third kappa shape index (κ3) is 5.42. The number of halogens is 3. The van der Waals surface area contributed by atoms with Crippen molar-refractivity contribution >= 4 is 11.8 Å². The lowest BCUT2D eigenvalue weighted by Gasteiger charge is -2.09. The van der Waals surface area contributed by atoms with Crippen LogP contribution in [-0.4, -0.2) is 40.2 Å². The average Bonchev–Trinajstić information content (AvgIpc) is 3.17. The van der Waals surface area contributed by atoms with Crippen molar-refractivity contribution in [3.05, 3.63) is 71.2 Å². The molecular formula is C21H20F3N5O3. The number of alkyl halides is 3. The van der Waals surface area contributed by atoms with Gasteiger partial charge in [0.1, 0.15) is 5.75 Å². The molecule has 2 N–H and O–H groups in total. The number of nitrogens with one attached hydrogen (secondary N) is 2. The molecule has 2 amide bonds. The second kappa shape index (κ2) is 9.50. The molecule has 0 bridgehead atoms. The minimum absolute atomic E-state index is 0.131. The first-order valence-corrected chi connectivity index (χ1v) is 9.45. The van der Waals surface area contributed by atoms with Gasteiger partial charge in [-0.15, -0.1) is 0 Å². The zero-order chi connectivity index (χ0) is 23.3. The van der Waals surface area contributed by atoms with Gasteiger partial charge in [0.25, 0.3) is 5.91 Å². The van der Waals surface area contributed by atoms with E-state index >= 15 is 0 Å². The molecule has 0 unspecified atom stereocenters. The summed E-state index contributed by atoms with van der Waals surface area (Å²) in [7, 11) is 1.56. The van der Waals surface area contributed by atoms with Crippen molar-refractivity contribution < 1.29 is 27.5 Å². The van der Waals surface area contributed by atoms with Crippen LogP contribution in [0.4, 0.5) is 13.2 Å². The van der Waals surface area contributed by atoms with E-state index in [-0.39, 0.29) is 30.4 Å². The molecule has 2 heterocycles. The molecule has 168 valence electrons. The summed E-state index contributed by atoms with van der Waals surface area (Å²) in [6.07, 6.45) is -2.54. The van der Waals surface area contributed by atoms with Crippen molar-refractivity contribution in [2.24, 2.45) is 0 Å². The molecule has 0 saturated carbocycles. The molecule has 0 aliphatic rings. The predicted octanol–water partition coefficient (Wildman–Crippen LogP) is 2.65. The molecule has 32 heavy (non-hydrogen) atoms. The zero-order valence-electron chi connectivity index (χ0n) is 17.2.